The predicted molar refractivity (Wildman–Crippen MR) is 96.8 cm³/mol. The van der Waals surface area contributed by atoms with E-state index in [2.05, 4.69) is 4.90 Å². The van der Waals surface area contributed by atoms with Gasteiger partial charge in [-0.15, -0.1) is 0 Å². The molecule has 138 valence electrons. The Balaban J connectivity index is 1.52. The number of aromatic hydroxyl groups is 1. The molecule has 1 aliphatic heterocycles. The van der Waals surface area contributed by atoms with Gasteiger partial charge in [-0.1, -0.05) is 18.2 Å². The summed E-state index contributed by atoms with van der Waals surface area (Å²) in [7, 11) is 0. The quantitative estimate of drug-likeness (QED) is 0.604. The van der Waals surface area contributed by atoms with Crippen LogP contribution in [0.4, 0.5) is 5.69 Å². The first-order valence-corrected chi connectivity index (χ1v) is 8.52. The van der Waals surface area contributed by atoms with Crippen LogP contribution in [0.2, 0.25) is 0 Å². The van der Waals surface area contributed by atoms with Gasteiger partial charge in [0.1, 0.15) is 18.0 Å². The molecule has 1 heterocycles. The van der Waals surface area contributed by atoms with Crippen LogP contribution in [0.1, 0.15) is 13.3 Å². The lowest BCUT2D eigenvalue weighted by Gasteiger charge is -2.26. The normalized spacial score (nSPS) is 20.0. The first-order chi connectivity index (χ1) is 12.5. The van der Waals surface area contributed by atoms with Crippen LogP contribution in [-0.2, 0) is 0 Å². The number of likely N-dealkylation sites (tertiary alicyclic amines) is 1. The van der Waals surface area contributed by atoms with Crippen LogP contribution < -0.4 is 9.47 Å². The first kappa shape index (κ1) is 18.0. The Morgan fingerprint density at radius 3 is 2.73 bits per heavy atom. The molecule has 3 rings (SSSR count). The molecule has 0 aliphatic carbocycles. The van der Waals surface area contributed by atoms with E-state index in [0.717, 1.165) is 31.3 Å². The summed E-state index contributed by atoms with van der Waals surface area (Å²) in [6.07, 6.45) is 0.800. The maximum absolute atomic E-state index is 10.8. The molecule has 1 fully saturated rings. The highest BCUT2D eigenvalue weighted by atomic mass is 16.6. The fourth-order valence-corrected chi connectivity index (χ4v) is 3.08. The van der Waals surface area contributed by atoms with Gasteiger partial charge in [0, 0.05) is 32.1 Å². The van der Waals surface area contributed by atoms with Gasteiger partial charge in [-0.2, -0.15) is 0 Å². The summed E-state index contributed by atoms with van der Waals surface area (Å²) in [5.41, 5.74) is -0.619. The van der Waals surface area contributed by atoms with Gasteiger partial charge < -0.3 is 14.6 Å². The van der Waals surface area contributed by atoms with E-state index in [4.69, 9.17) is 9.47 Å². The summed E-state index contributed by atoms with van der Waals surface area (Å²) >= 11 is 0. The van der Waals surface area contributed by atoms with Crippen molar-refractivity contribution in [2.24, 2.45) is 0 Å². The number of nitro groups is 1. The van der Waals surface area contributed by atoms with Gasteiger partial charge in [0.05, 0.1) is 11.0 Å². The molecular formula is C19H22N2O5. The minimum Gasteiger partial charge on any atom is -0.504 e. The van der Waals surface area contributed by atoms with Gasteiger partial charge in [0.25, 0.3) is 5.69 Å². The molecule has 1 N–H and O–H groups in total. The molecule has 0 amide bonds. The molecule has 2 aromatic rings. The SMILES string of the molecule is CC1(Oc2ccc([N+](=O)[O-])cc2O)CCN(CCOc2ccccc2)C1. The summed E-state index contributed by atoms with van der Waals surface area (Å²) in [5, 5.41) is 20.7. The van der Waals surface area contributed by atoms with Crippen molar-refractivity contribution >= 4 is 5.69 Å². The summed E-state index contributed by atoms with van der Waals surface area (Å²) in [4.78, 5) is 12.4. The lowest BCUT2D eigenvalue weighted by Crippen LogP contribution is -2.37. The summed E-state index contributed by atoms with van der Waals surface area (Å²) in [6, 6.07) is 13.6. The fourth-order valence-electron chi connectivity index (χ4n) is 3.08. The number of hydrogen-bond acceptors (Lipinski definition) is 6. The number of phenols is 1. The summed E-state index contributed by atoms with van der Waals surface area (Å²) in [6.45, 7) is 4.90. The number of nitrogens with zero attached hydrogens (tertiary/aromatic N) is 2. The Hall–Kier alpha value is -2.80. The van der Waals surface area contributed by atoms with Crippen LogP contribution in [0.3, 0.4) is 0 Å². The number of nitro benzene ring substituents is 1. The van der Waals surface area contributed by atoms with E-state index >= 15 is 0 Å². The zero-order valence-electron chi connectivity index (χ0n) is 14.6. The third-order valence-corrected chi connectivity index (χ3v) is 4.44. The molecule has 1 saturated heterocycles. The second-order valence-corrected chi connectivity index (χ2v) is 6.65. The molecule has 1 aliphatic rings. The Bertz CT molecular complexity index is 768. The molecule has 26 heavy (non-hydrogen) atoms. The molecule has 1 unspecified atom stereocenters. The second-order valence-electron chi connectivity index (χ2n) is 6.65. The van der Waals surface area contributed by atoms with Gasteiger partial charge in [-0.05, 0) is 25.1 Å². The molecule has 0 radical (unpaired) electrons. The topological polar surface area (TPSA) is 85.1 Å². The fraction of sp³-hybridized carbons (Fsp3) is 0.368. The average molecular weight is 358 g/mol. The van der Waals surface area contributed by atoms with E-state index in [1.165, 1.54) is 12.1 Å². The van der Waals surface area contributed by atoms with Crippen molar-refractivity contribution in [2.75, 3.05) is 26.2 Å². The Kier molecular flexibility index (Phi) is 5.27. The monoisotopic (exact) mass is 358 g/mol. The number of rotatable bonds is 7. The number of hydrogen-bond donors (Lipinski definition) is 1. The van der Waals surface area contributed by atoms with Gasteiger partial charge in [-0.25, -0.2) is 0 Å². The summed E-state index contributed by atoms with van der Waals surface area (Å²) < 4.78 is 11.7. The number of benzene rings is 2. The van der Waals surface area contributed by atoms with Crippen LogP contribution in [0.15, 0.2) is 48.5 Å². The third-order valence-electron chi connectivity index (χ3n) is 4.44. The van der Waals surface area contributed by atoms with E-state index in [1.807, 2.05) is 37.3 Å². The zero-order chi connectivity index (χ0) is 18.6. The minimum absolute atomic E-state index is 0.161. The zero-order valence-corrected chi connectivity index (χ0v) is 14.6. The van der Waals surface area contributed by atoms with Crippen molar-refractivity contribution in [2.45, 2.75) is 18.9 Å². The van der Waals surface area contributed by atoms with Crippen molar-refractivity contribution in [1.29, 1.82) is 0 Å². The highest BCUT2D eigenvalue weighted by Gasteiger charge is 2.36. The van der Waals surface area contributed by atoms with Crippen molar-refractivity contribution < 1.29 is 19.5 Å². The van der Waals surface area contributed by atoms with E-state index in [-0.39, 0.29) is 17.2 Å². The van der Waals surface area contributed by atoms with Crippen molar-refractivity contribution in [3.63, 3.8) is 0 Å². The average Bonchev–Trinajstić information content (AvgIpc) is 2.98. The van der Waals surface area contributed by atoms with Crippen LogP contribution in [-0.4, -0.2) is 46.8 Å². The van der Waals surface area contributed by atoms with E-state index in [9.17, 15) is 15.2 Å². The smallest absolute Gasteiger partial charge is 0.273 e. The van der Waals surface area contributed by atoms with Gasteiger partial charge in [0.15, 0.2) is 11.5 Å². The number of phenolic OH excluding ortho intramolecular Hbond substituents is 1. The predicted octanol–water partition coefficient (Wildman–Crippen LogP) is 3.22. The molecule has 2 aromatic carbocycles. The van der Waals surface area contributed by atoms with Crippen molar-refractivity contribution in [1.82, 2.24) is 4.90 Å². The van der Waals surface area contributed by atoms with Gasteiger partial charge in [-0.3, -0.25) is 15.0 Å². The minimum atomic E-state index is -0.546. The van der Waals surface area contributed by atoms with Crippen LogP contribution in [0.25, 0.3) is 0 Å². The maximum atomic E-state index is 10.8. The molecule has 0 aromatic heterocycles. The van der Waals surface area contributed by atoms with Crippen LogP contribution in [0, 0.1) is 10.1 Å². The highest BCUT2D eigenvalue weighted by molar-refractivity contribution is 5.47. The first-order valence-electron chi connectivity index (χ1n) is 8.52. The molecule has 7 nitrogen and oxygen atoms in total. The number of non-ortho nitro benzene ring substituents is 1. The van der Waals surface area contributed by atoms with Crippen LogP contribution >= 0.6 is 0 Å². The Morgan fingerprint density at radius 1 is 1.27 bits per heavy atom. The molecule has 1 atom stereocenters. The Morgan fingerprint density at radius 2 is 2.04 bits per heavy atom. The largest absolute Gasteiger partial charge is 0.504 e. The summed E-state index contributed by atoms with van der Waals surface area (Å²) in [5.74, 6) is 0.897. The lowest BCUT2D eigenvalue weighted by atomic mass is 10.1. The van der Waals surface area contributed by atoms with E-state index in [1.54, 1.807) is 0 Å². The highest BCUT2D eigenvalue weighted by Crippen LogP contribution is 2.35. The van der Waals surface area contributed by atoms with Gasteiger partial charge >= 0.3 is 0 Å². The number of ether oxygens (including phenoxy) is 2. The Labute approximate surface area is 151 Å². The van der Waals surface area contributed by atoms with Crippen LogP contribution in [0.5, 0.6) is 17.2 Å². The van der Waals surface area contributed by atoms with Gasteiger partial charge in [0.2, 0.25) is 0 Å². The second kappa shape index (κ2) is 7.61. The van der Waals surface area contributed by atoms with E-state index < -0.39 is 10.5 Å². The van der Waals surface area contributed by atoms with Crippen molar-refractivity contribution in [3.05, 3.63) is 58.6 Å². The molecule has 7 heteroatoms. The molecule has 0 spiro atoms. The third kappa shape index (κ3) is 4.43. The molecular weight excluding hydrogens is 336 g/mol. The van der Waals surface area contributed by atoms with E-state index in [0.29, 0.717) is 13.2 Å². The lowest BCUT2D eigenvalue weighted by molar-refractivity contribution is -0.385. The number of para-hydroxylation sites is 1. The molecule has 0 bridgehead atoms. The van der Waals surface area contributed by atoms with Crippen molar-refractivity contribution in [3.8, 4) is 17.2 Å². The maximum Gasteiger partial charge on any atom is 0.273 e. The molecule has 0 saturated carbocycles. The standard InChI is InChI=1S/C19H22N2O5/c1-19(26-18-8-7-15(21(23)24)13-17(18)22)9-10-20(14-19)11-12-25-16-5-3-2-4-6-16/h2-8,13,22H,9-12,14H2,1H3.